The fraction of sp³-hybridized carbons (Fsp3) is 0.278. The molecule has 0 radical (unpaired) electrons. The van der Waals surface area contributed by atoms with Gasteiger partial charge in [-0.05, 0) is 44.0 Å². The molecule has 0 aliphatic carbocycles. The highest BCUT2D eigenvalue weighted by Crippen LogP contribution is 2.18. The highest BCUT2D eigenvalue weighted by Gasteiger charge is 2.12. The first-order valence-electron chi connectivity index (χ1n) is 7.10. The molecule has 2 rings (SSSR count). The second-order valence-corrected chi connectivity index (χ2v) is 5.25. The van der Waals surface area contributed by atoms with Crippen LogP contribution in [-0.4, -0.2) is 12.5 Å². The number of aryl methyl sites for hydroxylation is 2. The van der Waals surface area contributed by atoms with Crippen molar-refractivity contribution in [3.05, 3.63) is 65.2 Å². The van der Waals surface area contributed by atoms with E-state index in [1.165, 1.54) is 11.1 Å². The Hall–Kier alpha value is -2.29. The van der Waals surface area contributed by atoms with E-state index in [9.17, 15) is 4.79 Å². The molecular formula is C18H21NO2. The van der Waals surface area contributed by atoms with E-state index in [4.69, 9.17) is 4.74 Å². The molecule has 2 aromatic rings. The number of nitrogens with one attached hydrogen (secondary N) is 1. The van der Waals surface area contributed by atoms with E-state index < -0.39 is 0 Å². The van der Waals surface area contributed by atoms with Gasteiger partial charge in [0, 0.05) is 0 Å². The fourth-order valence-corrected chi connectivity index (χ4v) is 2.34. The maximum atomic E-state index is 11.9. The molecule has 0 fully saturated rings. The Bertz CT molecular complexity index is 608. The summed E-state index contributed by atoms with van der Waals surface area (Å²) in [4.78, 5) is 11.9. The SMILES string of the molecule is Cc1ccc([C@@H](C)NC(=O)COc2ccccc2)c(C)c1. The van der Waals surface area contributed by atoms with Crippen LogP contribution in [0.15, 0.2) is 48.5 Å². The van der Waals surface area contributed by atoms with Crippen molar-refractivity contribution in [1.82, 2.24) is 5.32 Å². The lowest BCUT2D eigenvalue weighted by molar-refractivity contribution is -0.123. The highest BCUT2D eigenvalue weighted by molar-refractivity contribution is 5.78. The second-order valence-electron chi connectivity index (χ2n) is 5.25. The smallest absolute Gasteiger partial charge is 0.258 e. The van der Waals surface area contributed by atoms with E-state index >= 15 is 0 Å². The van der Waals surface area contributed by atoms with Crippen molar-refractivity contribution in [3.63, 3.8) is 0 Å². The van der Waals surface area contributed by atoms with E-state index in [2.05, 4.69) is 37.4 Å². The molecule has 0 spiro atoms. The van der Waals surface area contributed by atoms with E-state index in [1.807, 2.05) is 37.3 Å². The Balaban J connectivity index is 1.90. The van der Waals surface area contributed by atoms with Crippen LogP contribution < -0.4 is 10.1 Å². The topological polar surface area (TPSA) is 38.3 Å². The number of carbonyl (C=O) groups excluding carboxylic acids is 1. The largest absolute Gasteiger partial charge is 0.484 e. The van der Waals surface area contributed by atoms with Crippen LogP contribution in [0.1, 0.15) is 29.7 Å². The number of rotatable bonds is 5. The number of carbonyl (C=O) groups is 1. The molecule has 1 N–H and O–H groups in total. The van der Waals surface area contributed by atoms with Gasteiger partial charge in [-0.3, -0.25) is 4.79 Å². The molecule has 0 heterocycles. The molecule has 0 aliphatic rings. The van der Waals surface area contributed by atoms with Crippen LogP contribution in [0.25, 0.3) is 0 Å². The summed E-state index contributed by atoms with van der Waals surface area (Å²) in [6.07, 6.45) is 0. The van der Waals surface area contributed by atoms with Crippen molar-refractivity contribution in [1.29, 1.82) is 0 Å². The van der Waals surface area contributed by atoms with E-state index in [1.54, 1.807) is 0 Å². The summed E-state index contributed by atoms with van der Waals surface area (Å²) in [5, 5.41) is 2.96. The number of amides is 1. The van der Waals surface area contributed by atoms with Crippen LogP contribution in [0.2, 0.25) is 0 Å². The van der Waals surface area contributed by atoms with E-state index in [-0.39, 0.29) is 18.6 Å². The Kier molecular flexibility index (Phi) is 4.99. The van der Waals surface area contributed by atoms with Gasteiger partial charge in [-0.25, -0.2) is 0 Å². The van der Waals surface area contributed by atoms with Gasteiger partial charge < -0.3 is 10.1 Å². The van der Waals surface area contributed by atoms with Crippen molar-refractivity contribution in [2.24, 2.45) is 0 Å². The first kappa shape index (κ1) is 15.1. The summed E-state index contributed by atoms with van der Waals surface area (Å²) in [6, 6.07) is 15.6. The number of hydrogen-bond donors (Lipinski definition) is 1. The molecule has 0 aliphatic heterocycles. The Morgan fingerprint density at radius 3 is 2.52 bits per heavy atom. The first-order valence-corrected chi connectivity index (χ1v) is 7.10. The quantitative estimate of drug-likeness (QED) is 0.911. The summed E-state index contributed by atoms with van der Waals surface area (Å²) in [7, 11) is 0. The fourth-order valence-electron chi connectivity index (χ4n) is 2.34. The predicted molar refractivity (Wildman–Crippen MR) is 84.4 cm³/mol. The zero-order chi connectivity index (χ0) is 15.2. The van der Waals surface area contributed by atoms with Crippen LogP contribution in [0.4, 0.5) is 0 Å². The number of para-hydroxylation sites is 1. The van der Waals surface area contributed by atoms with Crippen LogP contribution in [0.5, 0.6) is 5.75 Å². The van der Waals surface area contributed by atoms with Gasteiger partial charge in [0.1, 0.15) is 5.75 Å². The minimum Gasteiger partial charge on any atom is -0.484 e. The molecule has 3 nitrogen and oxygen atoms in total. The van der Waals surface area contributed by atoms with Crippen molar-refractivity contribution < 1.29 is 9.53 Å². The number of benzene rings is 2. The zero-order valence-electron chi connectivity index (χ0n) is 12.7. The molecule has 1 amide bonds. The van der Waals surface area contributed by atoms with Crippen LogP contribution in [-0.2, 0) is 4.79 Å². The van der Waals surface area contributed by atoms with Gasteiger partial charge >= 0.3 is 0 Å². The van der Waals surface area contributed by atoms with Gasteiger partial charge in [-0.2, -0.15) is 0 Å². The lowest BCUT2D eigenvalue weighted by atomic mass is 10.0. The van der Waals surface area contributed by atoms with E-state index in [0.717, 1.165) is 5.56 Å². The standard InChI is InChI=1S/C18H21NO2/c1-13-9-10-17(14(2)11-13)15(3)19-18(20)12-21-16-7-5-4-6-8-16/h4-11,15H,12H2,1-3H3,(H,19,20)/t15-/m1/s1. The molecular weight excluding hydrogens is 262 g/mol. The first-order chi connectivity index (χ1) is 10.1. The lowest BCUT2D eigenvalue weighted by Gasteiger charge is -2.17. The lowest BCUT2D eigenvalue weighted by Crippen LogP contribution is -2.31. The molecule has 0 unspecified atom stereocenters. The molecule has 2 aromatic carbocycles. The summed E-state index contributed by atoms with van der Waals surface area (Å²) >= 11 is 0. The summed E-state index contributed by atoms with van der Waals surface area (Å²) in [5.41, 5.74) is 3.54. The van der Waals surface area contributed by atoms with Crippen molar-refractivity contribution in [3.8, 4) is 5.75 Å². The van der Waals surface area contributed by atoms with E-state index in [0.29, 0.717) is 5.75 Å². The van der Waals surface area contributed by atoms with Gasteiger partial charge in [0.15, 0.2) is 6.61 Å². The molecule has 0 bridgehead atoms. The molecule has 1 atom stereocenters. The van der Waals surface area contributed by atoms with Crippen LogP contribution in [0, 0.1) is 13.8 Å². The van der Waals surface area contributed by atoms with Crippen molar-refractivity contribution in [2.45, 2.75) is 26.8 Å². The number of hydrogen-bond acceptors (Lipinski definition) is 2. The third-order valence-electron chi connectivity index (χ3n) is 3.38. The third kappa shape index (κ3) is 4.35. The minimum absolute atomic E-state index is 0.0270. The highest BCUT2D eigenvalue weighted by atomic mass is 16.5. The molecule has 110 valence electrons. The van der Waals surface area contributed by atoms with Gasteiger partial charge in [-0.15, -0.1) is 0 Å². The third-order valence-corrected chi connectivity index (χ3v) is 3.38. The molecule has 21 heavy (non-hydrogen) atoms. The summed E-state index contributed by atoms with van der Waals surface area (Å²) in [5.74, 6) is 0.582. The average Bonchev–Trinajstić information content (AvgIpc) is 2.46. The Labute approximate surface area is 126 Å². The monoisotopic (exact) mass is 283 g/mol. The summed E-state index contributed by atoms with van der Waals surface area (Å²) < 4.78 is 5.44. The van der Waals surface area contributed by atoms with Gasteiger partial charge in [0.2, 0.25) is 0 Å². The maximum Gasteiger partial charge on any atom is 0.258 e. The van der Waals surface area contributed by atoms with Crippen LogP contribution >= 0.6 is 0 Å². The molecule has 0 aromatic heterocycles. The Morgan fingerprint density at radius 1 is 1.14 bits per heavy atom. The minimum atomic E-state index is -0.119. The van der Waals surface area contributed by atoms with Gasteiger partial charge in [-0.1, -0.05) is 42.0 Å². The Morgan fingerprint density at radius 2 is 1.86 bits per heavy atom. The van der Waals surface area contributed by atoms with Gasteiger partial charge in [0.25, 0.3) is 5.91 Å². The van der Waals surface area contributed by atoms with Gasteiger partial charge in [0.05, 0.1) is 6.04 Å². The second kappa shape index (κ2) is 6.93. The normalized spacial score (nSPS) is 11.8. The molecule has 3 heteroatoms. The molecule has 0 saturated carbocycles. The predicted octanol–water partition coefficient (Wildman–Crippen LogP) is 3.56. The van der Waals surface area contributed by atoms with Crippen molar-refractivity contribution >= 4 is 5.91 Å². The van der Waals surface area contributed by atoms with Crippen molar-refractivity contribution in [2.75, 3.05) is 6.61 Å². The number of ether oxygens (including phenoxy) is 1. The zero-order valence-corrected chi connectivity index (χ0v) is 12.7. The van der Waals surface area contributed by atoms with Crippen LogP contribution in [0.3, 0.4) is 0 Å². The summed E-state index contributed by atoms with van der Waals surface area (Å²) in [6.45, 7) is 6.14. The molecule has 0 saturated heterocycles. The maximum absolute atomic E-state index is 11.9. The average molecular weight is 283 g/mol.